The largest absolute Gasteiger partial charge is 0.494 e. The van der Waals surface area contributed by atoms with E-state index in [-0.39, 0.29) is 11.4 Å². The van der Waals surface area contributed by atoms with Crippen molar-refractivity contribution in [3.05, 3.63) is 75.8 Å². The van der Waals surface area contributed by atoms with Crippen molar-refractivity contribution in [3.63, 3.8) is 0 Å². The number of thiocarbonyl (C=S) groups is 1. The van der Waals surface area contributed by atoms with Gasteiger partial charge >= 0.3 is 0 Å². The van der Waals surface area contributed by atoms with Crippen LogP contribution in [0.25, 0.3) is 10.9 Å². The summed E-state index contributed by atoms with van der Waals surface area (Å²) in [6.45, 7) is 6.19. The third-order valence-corrected chi connectivity index (χ3v) is 5.35. The Labute approximate surface area is 187 Å². The van der Waals surface area contributed by atoms with Crippen LogP contribution < -0.4 is 15.6 Å². The molecule has 0 aliphatic heterocycles. The molecule has 7 heteroatoms. The Balaban J connectivity index is 1.88. The molecule has 0 atom stereocenters. The number of hydrogen-bond acceptors (Lipinski definition) is 3. The maximum absolute atomic E-state index is 13.3. The van der Waals surface area contributed by atoms with Crippen molar-refractivity contribution in [2.24, 2.45) is 0 Å². The molecule has 2 aromatic carbocycles. The van der Waals surface area contributed by atoms with Crippen LogP contribution >= 0.6 is 12.2 Å². The molecule has 164 valence electrons. The fraction of sp³-hybridized carbons (Fsp3) is 0.333. The van der Waals surface area contributed by atoms with Crippen molar-refractivity contribution in [3.8, 4) is 5.75 Å². The summed E-state index contributed by atoms with van der Waals surface area (Å²) in [5, 5.41) is 4.73. The topological polar surface area (TPSA) is 57.4 Å². The lowest BCUT2D eigenvalue weighted by Crippen LogP contribution is -2.40. The number of H-pyrrole nitrogens is 1. The lowest BCUT2D eigenvalue weighted by atomic mass is 10.1. The fourth-order valence-corrected chi connectivity index (χ4v) is 3.53. The Bertz CT molecular complexity index is 1080. The van der Waals surface area contributed by atoms with Gasteiger partial charge in [-0.2, -0.15) is 0 Å². The second-order valence-electron chi connectivity index (χ2n) is 7.37. The quantitative estimate of drug-likeness (QED) is 0.371. The van der Waals surface area contributed by atoms with E-state index in [1.165, 1.54) is 12.1 Å². The molecule has 0 radical (unpaired) electrons. The van der Waals surface area contributed by atoms with Gasteiger partial charge in [0.25, 0.3) is 5.56 Å². The summed E-state index contributed by atoms with van der Waals surface area (Å²) in [5.41, 5.74) is 2.11. The summed E-state index contributed by atoms with van der Waals surface area (Å²) in [6.07, 6.45) is 2.06. The molecular formula is C24H28FN3O2S. The van der Waals surface area contributed by atoms with Gasteiger partial charge < -0.3 is 19.9 Å². The number of unbranched alkanes of at least 4 members (excludes halogenated alkanes) is 1. The minimum Gasteiger partial charge on any atom is -0.494 e. The molecule has 0 fully saturated rings. The summed E-state index contributed by atoms with van der Waals surface area (Å²) >= 11 is 5.62. The Morgan fingerprint density at radius 1 is 1.13 bits per heavy atom. The zero-order valence-electron chi connectivity index (χ0n) is 17.9. The monoisotopic (exact) mass is 441 g/mol. The average Bonchev–Trinajstić information content (AvgIpc) is 2.75. The number of nitrogens with one attached hydrogen (secondary N) is 2. The van der Waals surface area contributed by atoms with Crippen LogP contribution in [-0.2, 0) is 13.1 Å². The molecular weight excluding hydrogens is 413 g/mol. The minimum absolute atomic E-state index is 0.155. The molecule has 3 aromatic rings. The first-order valence-electron chi connectivity index (χ1n) is 10.6. The number of halogens is 1. The second-order valence-corrected chi connectivity index (χ2v) is 7.76. The van der Waals surface area contributed by atoms with Crippen LogP contribution in [0.5, 0.6) is 5.75 Å². The molecule has 0 saturated heterocycles. The van der Waals surface area contributed by atoms with Crippen molar-refractivity contribution in [1.29, 1.82) is 0 Å². The van der Waals surface area contributed by atoms with Gasteiger partial charge in [-0.15, -0.1) is 0 Å². The molecule has 5 nitrogen and oxygen atoms in total. The molecule has 0 bridgehead atoms. The van der Waals surface area contributed by atoms with Crippen molar-refractivity contribution in [2.45, 2.75) is 39.8 Å². The highest BCUT2D eigenvalue weighted by atomic mass is 32.1. The van der Waals surface area contributed by atoms with Crippen LogP contribution in [-0.4, -0.2) is 28.1 Å². The number of nitrogens with zero attached hydrogens (tertiary/aromatic N) is 1. The lowest BCUT2D eigenvalue weighted by molar-refractivity contribution is 0.340. The highest BCUT2D eigenvalue weighted by Crippen LogP contribution is 2.20. The highest BCUT2D eigenvalue weighted by Gasteiger charge is 2.14. The van der Waals surface area contributed by atoms with E-state index in [2.05, 4.69) is 17.2 Å². The van der Waals surface area contributed by atoms with Crippen molar-refractivity contribution >= 4 is 28.2 Å². The predicted octanol–water partition coefficient (Wildman–Crippen LogP) is 4.74. The molecule has 0 aliphatic rings. The Morgan fingerprint density at radius 3 is 2.61 bits per heavy atom. The third kappa shape index (κ3) is 6.28. The summed E-state index contributed by atoms with van der Waals surface area (Å²) < 4.78 is 18.9. The number of hydrogen-bond donors (Lipinski definition) is 2. The number of aromatic amines is 1. The maximum Gasteiger partial charge on any atom is 0.253 e. The Kier molecular flexibility index (Phi) is 8.00. The van der Waals surface area contributed by atoms with E-state index in [4.69, 9.17) is 17.0 Å². The van der Waals surface area contributed by atoms with Crippen molar-refractivity contribution in [1.82, 2.24) is 15.2 Å². The molecule has 0 unspecified atom stereocenters. The summed E-state index contributed by atoms with van der Waals surface area (Å²) in [7, 11) is 0. The Hall–Kier alpha value is -2.93. The predicted molar refractivity (Wildman–Crippen MR) is 127 cm³/mol. The van der Waals surface area contributed by atoms with Crippen LogP contribution in [0.3, 0.4) is 0 Å². The van der Waals surface area contributed by atoms with Crippen LogP contribution in [0, 0.1) is 5.82 Å². The van der Waals surface area contributed by atoms with Gasteiger partial charge in [0.15, 0.2) is 5.11 Å². The van der Waals surface area contributed by atoms with Crippen LogP contribution in [0.15, 0.2) is 53.3 Å². The first kappa shape index (κ1) is 22.7. The van der Waals surface area contributed by atoms with E-state index in [0.717, 1.165) is 41.6 Å². The van der Waals surface area contributed by atoms with Gasteiger partial charge in [0.1, 0.15) is 11.6 Å². The number of fused-ring (bicyclic) bond motifs is 1. The molecule has 1 aromatic heterocycles. The molecule has 0 aliphatic carbocycles. The number of rotatable bonds is 9. The van der Waals surface area contributed by atoms with Gasteiger partial charge in [0, 0.05) is 29.6 Å². The maximum atomic E-state index is 13.3. The fourth-order valence-electron chi connectivity index (χ4n) is 3.30. The van der Waals surface area contributed by atoms with E-state index in [0.29, 0.717) is 30.4 Å². The molecule has 1 heterocycles. The van der Waals surface area contributed by atoms with E-state index in [1.54, 1.807) is 12.1 Å². The van der Waals surface area contributed by atoms with E-state index < -0.39 is 0 Å². The summed E-state index contributed by atoms with van der Waals surface area (Å²) in [6, 6.07) is 13.8. The van der Waals surface area contributed by atoms with Crippen LogP contribution in [0.4, 0.5) is 4.39 Å². The van der Waals surface area contributed by atoms with E-state index >= 15 is 0 Å². The number of benzene rings is 2. The van der Waals surface area contributed by atoms with Gasteiger partial charge in [-0.05, 0) is 67.5 Å². The van der Waals surface area contributed by atoms with Gasteiger partial charge in [0.2, 0.25) is 0 Å². The SMILES string of the molecule is CCCCNC(=S)N(Cc1ccc(F)cc1)Cc1cc2cc(OCC)ccc2[nH]c1=O. The Morgan fingerprint density at radius 2 is 1.90 bits per heavy atom. The third-order valence-electron chi connectivity index (χ3n) is 4.95. The minimum atomic E-state index is -0.282. The summed E-state index contributed by atoms with van der Waals surface area (Å²) in [5.74, 6) is 0.475. The first-order valence-corrected chi connectivity index (χ1v) is 11.0. The van der Waals surface area contributed by atoms with Crippen LogP contribution in [0.2, 0.25) is 0 Å². The number of aromatic nitrogens is 1. The smallest absolute Gasteiger partial charge is 0.253 e. The van der Waals surface area contributed by atoms with Crippen LogP contribution in [0.1, 0.15) is 37.8 Å². The van der Waals surface area contributed by atoms with Crippen molar-refractivity contribution in [2.75, 3.05) is 13.2 Å². The lowest BCUT2D eigenvalue weighted by Gasteiger charge is -2.26. The van der Waals surface area contributed by atoms with Gasteiger partial charge in [-0.3, -0.25) is 4.79 Å². The van der Waals surface area contributed by atoms with Gasteiger partial charge in [0.05, 0.1) is 13.2 Å². The zero-order valence-corrected chi connectivity index (χ0v) is 18.7. The normalized spacial score (nSPS) is 10.8. The van der Waals surface area contributed by atoms with E-state index in [9.17, 15) is 9.18 Å². The molecule has 0 amide bonds. The summed E-state index contributed by atoms with van der Waals surface area (Å²) in [4.78, 5) is 17.6. The standard InChI is InChI=1S/C24H28FN3O2S/c1-3-5-12-26-24(31)28(15-17-6-8-20(25)9-7-17)16-19-13-18-14-21(30-4-2)10-11-22(18)27-23(19)29/h6-11,13-14H,3-5,12,15-16H2,1-2H3,(H,26,31)(H,27,29). The second kappa shape index (κ2) is 10.9. The molecule has 0 spiro atoms. The van der Waals surface area contributed by atoms with Gasteiger partial charge in [-0.25, -0.2) is 4.39 Å². The highest BCUT2D eigenvalue weighted by molar-refractivity contribution is 7.80. The molecule has 2 N–H and O–H groups in total. The molecule has 0 saturated carbocycles. The molecule has 31 heavy (non-hydrogen) atoms. The number of pyridine rings is 1. The van der Waals surface area contributed by atoms with Crippen molar-refractivity contribution < 1.29 is 9.13 Å². The molecule has 3 rings (SSSR count). The van der Waals surface area contributed by atoms with E-state index in [1.807, 2.05) is 36.1 Å². The average molecular weight is 442 g/mol. The zero-order chi connectivity index (χ0) is 22.2. The van der Waals surface area contributed by atoms with Gasteiger partial charge in [-0.1, -0.05) is 25.5 Å². The first-order chi connectivity index (χ1) is 15.0. The number of ether oxygens (including phenoxy) is 1.